The fourth-order valence-electron chi connectivity index (χ4n) is 3.49. The van der Waals surface area contributed by atoms with Crippen molar-refractivity contribution >= 4 is 6.03 Å². The Morgan fingerprint density at radius 1 is 1.33 bits per heavy atom. The van der Waals surface area contributed by atoms with Crippen LogP contribution in [0.2, 0.25) is 0 Å². The van der Waals surface area contributed by atoms with Crippen LogP contribution in [0.5, 0.6) is 0 Å². The number of carbonyl (C=O) groups excluding carboxylic acids is 1. The number of carbonyl (C=O) groups is 1. The Hall–Kier alpha value is -2.41. The van der Waals surface area contributed by atoms with Crippen molar-refractivity contribution in [1.82, 2.24) is 25.3 Å². The summed E-state index contributed by atoms with van der Waals surface area (Å²) in [4.78, 5) is 20.8. The Balaban J connectivity index is 1.40. The van der Waals surface area contributed by atoms with E-state index in [9.17, 15) is 4.79 Å². The number of rotatable bonds is 6. The van der Waals surface area contributed by atoms with Crippen LogP contribution in [0.25, 0.3) is 0 Å². The SMILES string of the molecule is Cc1noc([C@H](C)NC(=O)N(C)CC2CCN(Cc3ccccc3)CC2)n1. The minimum absolute atomic E-state index is 0.106. The van der Waals surface area contributed by atoms with Crippen molar-refractivity contribution in [1.29, 1.82) is 0 Å². The Bertz CT molecular complexity index is 725. The Kier molecular flexibility index (Phi) is 6.45. The highest BCUT2D eigenvalue weighted by atomic mass is 16.5. The molecule has 1 fully saturated rings. The highest BCUT2D eigenvalue weighted by molar-refractivity contribution is 5.74. The van der Waals surface area contributed by atoms with Crippen molar-refractivity contribution in [3.05, 3.63) is 47.6 Å². The van der Waals surface area contributed by atoms with Gasteiger partial charge in [-0.15, -0.1) is 0 Å². The quantitative estimate of drug-likeness (QED) is 0.845. The van der Waals surface area contributed by atoms with Crippen LogP contribution in [0.15, 0.2) is 34.9 Å². The lowest BCUT2D eigenvalue weighted by Gasteiger charge is -2.34. The number of hydrogen-bond donors (Lipinski definition) is 1. The summed E-state index contributed by atoms with van der Waals surface area (Å²) in [5.41, 5.74) is 1.36. The van der Waals surface area contributed by atoms with Crippen LogP contribution in [-0.4, -0.2) is 52.7 Å². The molecule has 1 saturated heterocycles. The predicted molar refractivity (Wildman–Crippen MR) is 103 cm³/mol. The first-order valence-electron chi connectivity index (χ1n) is 9.59. The number of nitrogens with one attached hydrogen (secondary N) is 1. The van der Waals surface area contributed by atoms with E-state index >= 15 is 0 Å². The molecule has 0 radical (unpaired) electrons. The van der Waals surface area contributed by atoms with Crippen molar-refractivity contribution in [2.45, 2.75) is 39.3 Å². The van der Waals surface area contributed by atoms with Crippen LogP contribution >= 0.6 is 0 Å². The number of amides is 2. The molecule has 0 spiro atoms. The normalized spacial score (nSPS) is 16.9. The maximum atomic E-state index is 12.4. The molecule has 2 amide bonds. The van der Waals surface area contributed by atoms with Gasteiger partial charge in [-0.05, 0) is 51.3 Å². The minimum atomic E-state index is -0.297. The van der Waals surface area contributed by atoms with Gasteiger partial charge in [0.05, 0.1) is 0 Å². The third-order valence-electron chi connectivity index (χ3n) is 5.09. The van der Waals surface area contributed by atoms with Gasteiger partial charge >= 0.3 is 6.03 Å². The molecule has 1 N–H and O–H groups in total. The molecule has 146 valence electrons. The number of aryl methyl sites for hydroxylation is 1. The third kappa shape index (κ3) is 5.53. The predicted octanol–water partition coefficient (Wildman–Crippen LogP) is 2.99. The Morgan fingerprint density at radius 3 is 2.67 bits per heavy atom. The fraction of sp³-hybridized carbons (Fsp3) is 0.550. The molecule has 3 rings (SSSR count). The summed E-state index contributed by atoms with van der Waals surface area (Å²) in [5, 5.41) is 6.69. The van der Waals surface area contributed by atoms with E-state index in [4.69, 9.17) is 4.52 Å². The van der Waals surface area contributed by atoms with Gasteiger partial charge in [0, 0.05) is 20.1 Å². The van der Waals surface area contributed by atoms with Gasteiger partial charge in [0.1, 0.15) is 6.04 Å². The van der Waals surface area contributed by atoms with Crippen molar-refractivity contribution < 1.29 is 9.32 Å². The number of urea groups is 1. The van der Waals surface area contributed by atoms with Crippen LogP contribution in [0, 0.1) is 12.8 Å². The zero-order valence-electron chi connectivity index (χ0n) is 16.4. The lowest BCUT2D eigenvalue weighted by molar-refractivity contribution is 0.148. The van der Waals surface area contributed by atoms with Gasteiger partial charge in [-0.1, -0.05) is 35.5 Å². The molecule has 7 heteroatoms. The molecule has 2 heterocycles. The molecular formula is C20H29N5O2. The number of piperidine rings is 1. The van der Waals surface area contributed by atoms with E-state index in [0.717, 1.165) is 39.0 Å². The van der Waals surface area contributed by atoms with E-state index in [1.807, 2.05) is 14.0 Å². The zero-order chi connectivity index (χ0) is 19.2. The second-order valence-corrected chi connectivity index (χ2v) is 7.44. The summed E-state index contributed by atoms with van der Waals surface area (Å²) in [7, 11) is 1.84. The lowest BCUT2D eigenvalue weighted by Crippen LogP contribution is -2.43. The van der Waals surface area contributed by atoms with E-state index in [-0.39, 0.29) is 12.1 Å². The Labute approximate surface area is 160 Å². The van der Waals surface area contributed by atoms with E-state index in [1.165, 1.54) is 5.56 Å². The number of hydrogen-bond acceptors (Lipinski definition) is 5. The standard InChI is InChI=1S/C20H29N5O2/c1-15(19-22-16(2)23-27-19)21-20(26)24(3)13-18-9-11-25(12-10-18)14-17-7-5-4-6-8-17/h4-8,15,18H,9-14H2,1-3H3,(H,21,26)/t15-/m0/s1. The first-order chi connectivity index (χ1) is 13.0. The highest BCUT2D eigenvalue weighted by Crippen LogP contribution is 2.20. The molecule has 1 aliphatic rings. The van der Waals surface area contributed by atoms with Gasteiger partial charge in [-0.2, -0.15) is 4.98 Å². The summed E-state index contributed by atoms with van der Waals surface area (Å²) in [6, 6.07) is 10.2. The highest BCUT2D eigenvalue weighted by Gasteiger charge is 2.23. The average molecular weight is 371 g/mol. The largest absolute Gasteiger partial charge is 0.337 e. The third-order valence-corrected chi connectivity index (χ3v) is 5.09. The Morgan fingerprint density at radius 2 is 2.04 bits per heavy atom. The summed E-state index contributed by atoms with van der Waals surface area (Å²) >= 11 is 0. The van der Waals surface area contributed by atoms with Gasteiger partial charge in [0.2, 0.25) is 5.89 Å². The van der Waals surface area contributed by atoms with Gasteiger partial charge in [0.15, 0.2) is 5.82 Å². The molecule has 27 heavy (non-hydrogen) atoms. The van der Waals surface area contributed by atoms with Crippen molar-refractivity contribution in [3.8, 4) is 0 Å². The van der Waals surface area contributed by atoms with Gasteiger partial charge < -0.3 is 14.7 Å². The summed E-state index contributed by atoms with van der Waals surface area (Å²) < 4.78 is 5.12. The first-order valence-corrected chi connectivity index (χ1v) is 9.59. The average Bonchev–Trinajstić information content (AvgIpc) is 3.10. The van der Waals surface area contributed by atoms with E-state index in [0.29, 0.717) is 17.6 Å². The molecular weight excluding hydrogens is 342 g/mol. The number of nitrogens with zero attached hydrogens (tertiary/aromatic N) is 4. The second kappa shape index (κ2) is 8.99. The maximum absolute atomic E-state index is 12.4. The van der Waals surface area contributed by atoms with Crippen LogP contribution in [0.1, 0.15) is 43.1 Å². The topological polar surface area (TPSA) is 74.5 Å². The van der Waals surface area contributed by atoms with Crippen LogP contribution in [-0.2, 0) is 6.54 Å². The van der Waals surface area contributed by atoms with Crippen LogP contribution < -0.4 is 5.32 Å². The zero-order valence-corrected chi connectivity index (χ0v) is 16.4. The molecule has 1 aliphatic heterocycles. The van der Waals surface area contributed by atoms with Gasteiger partial charge in [-0.25, -0.2) is 4.79 Å². The second-order valence-electron chi connectivity index (χ2n) is 7.44. The van der Waals surface area contributed by atoms with Crippen molar-refractivity contribution in [2.24, 2.45) is 5.92 Å². The minimum Gasteiger partial charge on any atom is -0.337 e. The monoisotopic (exact) mass is 371 g/mol. The van der Waals surface area contributed by atoms with Crippen molar-refractivity contribution in [2.75, 3.05) is 26.7 Å². The van der Waals surface area contributed by atoms with E-state index in [2.05, 4.69) is 50.7 Å². The van der Waals surface area contributed by atoms with Crippen LogP contribution in [0.3, 0.4) is 0 Å². The smallest absolute Gasteiger partial charge is 0.317 e. The molecule has 1 aromatic heterocycles. The van der Waals surface area contributed by atoms with Crippen molar-refractivity contribution in [3.63, 3.8) is 0 Å². The number of aromatic nitrogens is 2. The molecule has 1 atom stereocenters. The first kappa shape index (κ1) is 19.4. The summed E-state index contributed by atoms with van der Waals surface area (Å²) in [6.07, 6.45) is 2.23. The molecule has 0 aliphatic carbocycles. The maximum Gasteiger partial charge on any atom is 0.317 e. The molecule has 0 unspecified atom stereocenters. The van der Waals surface area contributed by atoms with Gasteiger partial charge in [0.25, 0.3) is 0 Å². The lowest BCUT2D eigenvalue weighted by atomic mass is 9.96. The molecule has 1 aromatic carbocycles. The summed E-state index contributed by atoms with van der Waals surface area (Å²) in [5.74, 6) is 1.54. The molecule has 0 bridgehead atoms. The number of likely N-dealkylation sites (tertiary alicyclic amines) is 1. The van der Waals surface area contributed by atoms with Crippen LogP contribution in [0.4, 0.5) is 4.79 Å². The van der Waals surface area contributed by atoms with E-state index in [1.54, 1.807) is 11.8 Å². The van der Waals surface area contributed by atoms with Gasteiger partial charge in [-0.3, -0.25) is 4.90 Å². The molecule has 2 aromatic rings. The fourth-order valence-corrected chi connectivity index (χ4v) is 3.49. The molecule has 7 nitrogen and oxygen atoms in total. The number of benzene rings is 1. The summed E-state index contributed by atoms with van der Waals surface area (Å²) in [6.45, 7) is 7.53. The van der Waals surface area contributed by atoms with E-state index < -0.39 is 0 Å². The molecule has 0 saturated carbocycles.